The molecule has 1 aliphatic rings. The molecule has 1 fully saturated rings. The fourth-order valence-electron chi connectivity index (χ4n) is 5.30. The summed E-state index contributed by atoms with van der Waals surface area (Å²) in [5.41, 5.74) is 9.45. The highest BCUT2D eigenvalue weighted by atomic mass is 32.2. The molecule has 0 aliphatic heterocycles. The average molecular weight is 603 g/mol. The van der Waals surface area contributed by atoms with E-state index in [1.54, 1.807) is 36.4 Å². The number of primary sulfonamides is 1. The number of nitrogens with one attached hydrogen (secondary N) is 3. The number of aromatic amines is 1. The molecule has 0 radical (unpaired) electrons. The van der Waals surface area contributed by atoms with Crippen molar-refractivity contribution in [3.8, 4) is 22.5 Å². The van der Waals surface area contributed by atoms with Crippen molar-refractivity contribution in [3.05, 3.63) is 78.4 Å². The topological polar surface area (TPSA) is 199 Å². The van der Waals surface area contributed by atoms with Gasteiger partial charge in [-0.05, 0) is 102 Å². The zero-order valence-corrected chi connectivity index (χ0v) is 24.3. The Balaban J connectivity index is 1.32. The second-order valence-corrected chi connectivity index (χ2v) is 12.4. The number of sulfonamides is 1. The number of hydrogen-bond acceptors (Lipinski definition) is 8. The van der Waals surface area contributed by atoms with Crippen LogP contribution in [0.5, 0.6) is 0 Å². The van der Waals surface area contributed by atoms with Crippen LogP contribution in [0.1, 0.15) is 31.2 Å². The minimum absolute atomic E-state index is 0.0274. The van der Waals surface area contributed by atoms with E-state index < -0.39 is 16.1 Å². The molecule has 0 unspecified atom stereocenters. The van der Waals surface area contributed by atoms with E-state index in [0.717, 1.165) is 42.4 Å². The lowest BCUT2D eigenvalue weighted by molar-refractivity contribution is -0.130. The number of amides is 2. The number of benzene rings is 3. The highest BCUT2D eigenvalue weighted by molar-refractivity contribution is 7.89. The van der Waals surface area contributed by atoms with Gasteiger partial charge in [-0.15, -0.1) is 5.10 Å². The Morgan fingerprint density at radius 3 is 2.26 bits per heavy atom. The molecule has 1 aromatic heterocycles. The fraction of sp³-hybridized carbons (Fsp3) is 0.300. The van der Waals surface area contributed by atoms with Crippen molar-refractivity contribution in [1.29, 1.82) is 0 Å². The van der Waals surface area contributed by atoms with Gasteiger partial charge in [0.05, 0.1) is 4.90 Å². The van der Waals surface area contributed by atoms with Gasteiger partial charge in [0.15, 0.2) is 5.82 Å². The Morgan fingerprint density at radius 1 is 0.930 bits per heavy atom. The molecule has 1 heterocycles. The molecule has 0 bridgehead atoms. The summed E-state index contributed by atoms with van der Waals surface area (Å²) in [5, 5.41) is 24.9. The van der Waals surface area contributed by atoms with Gasteiger partial charge in [0.2, 0.25) is 21.8 Å². The van der Waals surface area contributed by atoms with E-state index in [1.807, 2.05) is 24.3 Å². The first-order valence-electron chi connectivity index (χ1n) is 14.1. The predicted molar refractivity (Wildman–Crippen MR) is 162 cm³/mol. The van der Waals surface area contributed by atoms with Crippen molar-refractivity contribution < 1.29 is 18.0 Å². The number of carbonyl (C=O) groups is 2. The Morgan fingerprint density at radius 2 is 1.63 bits per heavy atom. The van der Waals surface area contributed by atoms with Crippen LogP contribution in [0.3, 0.4) is 0 Å². The lowest BCUT2D eigenvalue weighted by atomic mass is 9.81. The minimum Gasteiger partial charge on any atom is -0.344 e. The van der Waals surface area contributed by atoms with Crippen LogP contribution in [-0.4, -0.2) is 53.4 Å². The molecule has 43 heavy (non-hydrogen) atoms. The third-order valence-electron chi connectivity index (χ3n) is 7.84. The molecule has 1 atom stereocenters. The van der Waals surface area contributed by atoms with E-state index in [9.17, 15) is 18.0 Å². The summed E-state index contributed by atoms with van der Waals surface area (Å²) in [4.78, 5) is 26.8. The van der Waals surface area contributed by atoms with Crippen molar-refractivity contribution >= 4 is 27.5 Å². The number of hydrogen-bond donors (Lipinski definition) is 5. The van der Waals surface area contributed by atoms with E-state index in [4.69, 9.17) is 10.9 Å². The summed E-state index contributed by atoms with van der Waals surface area (Å²) in [6.45, 7) is 0.618. The SMILES string of the molecule is NCC1CCC(C(=O)N[C@@H](Cc2ccc(-c3cccc(S(N)(=O)=O)c3)cc2)C(=O)Nc2ccc(-c3nnn[nH]3)cc2)CC1. The maximum absolute atomic E-state index is 13.5. The molecule has 3 aromatic carbocycles. The molecule has 13 heteroatoms. The second-order valence-electron chi connectivity index (χ2n) is 10.8. The Labute approximate surface area is 249 Å². The fourth-order valence-corrected chi connectivity index (χ4v) is 5.86. The molecule has 2 amide bonds. The van der Waals surface area contributed by atoms with E-state index >= 15 is 0 Å². The van der Waals surface area contributed by atoms with Crippen LogP contribution in [-0.2, 0) is 26.0 Å². The van der Waals surface area contributed by atoms with Crippen molar-refractivity contribution in [2.45, 2.75) is 43.0 Å². The highest BCUT2D eigenvalue weighted by Gasteiger charge is 2.29. The number of aromatic nitrogens is 4. The van der Waals surface area contributed by atoms with Gasteiger partial charge >= 0.3 is 0 Å². The molecular formula is C30H34N8O4S. The predicted octanol–water partition coefficient (Wildman–Crippen LogP) is 2.61. The van der Waals surface area contributed by atoms with Gasteiger partial charge in [-0.2, -0.15) is 0 Å². The van der Waals surface area contributed by atoms with Crippen LogP contribution in [0.4, 0.5) is 5.69 Å². The van der Waals surface area contributed by atoms with Crippen LogP contribution in [0.25, 0.3) is 22.5 Å². The van der Waals surface area contributed by atoms with Crippen LogP contribution in [0, 0.1) is 11.8 Å². The van der Waals surface area contributed by atoms with Crippen molar-refractivity contribution in [3.63, 3.8) is 0 Å². The molecule has 12 nitrogen and oxygen atoms in total. The van der Waals surface area contributed by atoms with Crippen molar-refractivity contribution in [2.75, 3.05) is 11.9 Å². The lowest BCUT2D eigenvalue weighted by Crippen LogP contribution is -2.48. The van der Waals surface area contributed by atoms with E-state index in [2.05, 4.69) is 31.3 Å². The van der Waals surface area contributed by atoms with Crippen LogP contribution in [0.15, 0.2) is 77.7 Å². The standard InChI is InChI=1S/C30H34N8O4S/c31-18-20-6-10-23(11-7-20)29(39)34-27(30(40)33-25-14-12-22(13-15-25)28-35-37-38-36-28)16-19-4-8-21(9-5-19)24-2-1-3-26(17-24)43(32,41)42/h1-5,8-9,12-15,17,20,23,27H,6-7,10-11,16,18,31H2,(H,33,40)(H,34,39)(H2,32,41,42)(H,35,36,37,38)/t20?,23?,27-/m0/s1. The summed E-state index contributed by atoms with van der Waals surface area (Å²) in [6, 6.07) is 20.0. The van der Waals surface area contributed by atoms with Gasteiger partial charge in [-0.25, -0.2) is 18.7 Å². The third-order valence-corrected chi connectivity index (χ3v) is 8.76. The van der Waals surface area contributed by atoms with Gasteiger partial charge in [0, 0.05) is 23.6 Å². The van der Waals surface area contributed by atoms with Crippen molar-refractivity contribution in [1.82, 2.24) is 25.9 Å². The molecule has 4 aromatic rings. The van der Waals surface area contributed by atoms with Crippen LogP contribution in [0.2, 0.25) is 0 Å². The molecular weight excluding hydrogens is 568 g/mol. The molecule has 5 rings (SSSR count). The quantitative estimate of drug-likeness (QED) is 0.182. The van der Waals surface area contributed by atoms with Gasteiger partial charge in [0.25, 0.3) is 0 Å². The van der Waals surface area contributed by atoms with Crippen LogP contribution >= 0.6 is 0 Å². The normalized spacial score (nSPS) is 17.6. The maximum atomic E-state index is 13.5. The molecule has 1 aliphatic carbocycles. The van der Waals surface area contributed by atoms with Gasteiger partial charge in [-0.1, -0.05) is 36.4 Å². The number of tetrazole rings is 1. The molecule has 1 saturated carbocycles. The molecule has 0 spiro atoms. The zero-order chi connectivity index (χ0) is 30.4. The summed E-state index contributed by atoms with van der Waals surface area (Å²) < 4.78 is 23.6. The smallest absolute Gasteiger partial charge is 0.247 e. The summed E-state index contributed by atoms with van der Waals surface area (Å²) in [7, 11) is -3.83. The molecule has 7 N–H and O–H groups in total. The zero-order valence-electron chi connectivity index (χ0n) is 23.4. The summed E-state index contributed by atoms with van der Waals surface area (Å²) in [5.74, 6) is 0.292. The third kappa shape index (κ3) is 7.69. The number of H-pyrrole nitrogens is 1. The van der Waals surface area contributed by atoms with E-state index in [-0.39, 0.29) is 29.0 Å². The first-order chi connectivity index (χ1) is 20.7. The van der Waals surface area contributed by atoms with Crippen molar-refractivity contribution in [2.24, 2.45) is 22.7 Å². The Hall–Kier alpha value is -4.46. The van der Waals surface area contributed by atoms with Gasteiger partial charge < -0.3 is 16.4 Å². The largest absolute Gasteiger partial charge is 0.344 e. The maximum Gasteiger partial charge on any atom is 0.247 e. The van der Waals surface area contributed by atoms with E-state index in [1.165, 1.54) is 12.1 Å². The number of nitrogens with two attached hydrogens (primary N) is 2. The summed E-state index contributed by atoms with van der Waals surface area (Å²) in [6.07, 6.45) is 3.53. The van der Waals surface area contributed by atoms with E-state index in [0.29, 0.717) is 29.5 Å². The lowest BCUT2D eigenvalue weighted by Gasteiger charge is -2.28. The Kier molecular flexibility index (Phi) is 9.24. The number of carbonyl (C=O) groups excluding carboxylic acids is 2. The molecule has 0 saturated heterocycles. The second kappa shape index (κ2) is 13.2. The van der Waals surface area contributed by atoms with Crippen LogP contribution < -0.4 is 21.5 Å². The number of rotatable bonds is 10. The van der Waals surface area contributed by atoms with Gasteiger partial charge in [0.1, 0.15) is 6.04 Å². The first-order valence-corrected chi connectivity index (χ1v) is 15.6. The minimum atomic E-state index is -3.83. The van der Waals surface area contributed by atoms with Gasteiger partial charge in [-0.3, -0.25) is 9.59 Å². The summed E-state index contributed by atoms with van der Waals surface area (Å²) >= 11 is 0. The number of anilines is 1. The average Bonchev–Trinajstić information content (AvgIpc) is 3.56. The Bertz CT molecular complexity index is 1650. The number of nitrogens with zero attached hydrogens (tertiary/aromatic N) is 3. The highest BCUT2D eigenvalue weighted by Crippen LogP contribution is 2.29. The molecule has 224 valence electrons. The monoisotopic (exact) mass is 602 g/mol. The first kappa shape index (κ1) is 30.0.